The molecule has 1 N–H and O–H groups in total. The summed E-state index contributed by atoms with van der Waals surface area (Å²) in [5.74, 6) is 0.633. The van der Waals surface area contributed by atoms with Gasteiger partial charge in [0.1, 0.15) is 18.1 Å². The molecule has 1 heterocycles. The number of rotatable bonds is 6. The summed E-state index contributed by atoms with van der Waals surface area (Å²) in [5, 5.41) is 0. The smallest absolute Gasteiger partial charge is 0.168 e. The molecular weight excluding hydrogens is 184 g/mol. The maximum Gasteiger partial charge on any atom is 0.168 e. The van der Waals surface area contributed by atoms with E-state index in [0.717, 1.165) is 0 Å². The van der Waals surface area contributed by atoms with Crippen LogP contribution < -0.4 is 10.2 Å². The molecule has 0 saturated heterocycles. The Hall–Kier alpha value is -1.46. The largest absolute Gasteiger partial charge is 0.491 e. The third-order valence-electron chi connectivity index (χ3n) is 1.50. The third-order valence-corrected chi connectivity index (χ3v) is 1.50. The van der Waals surface area contributed by atoms with Crippen molar-refractivity contribution in [1.29, 1.82) is 0 Å². The van der Waals surface area contributed by atoms with Gasteiger partial charge >= 0.3 is 0 Å². The van der Waals surface area contributed by atoms with Crippen LogP contribution >= 0.6 is 0 Å². The van der Waals surface area contributed by atoms with Crippen LogP contribution in [0.4, 0.5) is 0 Å². The van der Waals surface area contributed by atoms with E-state index >= 15 is 0 Å². The summed E-state index contributed by atoms with van der Waals surface area (Å²) in [6, 6.07) is 3.30. The molecule has 1 rings (SSSR count). The Balaban J connectivity index is 2.32. The first kappa shape index (κ1) is 10.6. The predicted molar refractivity (Wildman–Crippen MR) is 50.1 cm³/mol. The van der Waals surface area contributed by atoms with Crippen molar-refractivity contribution in [2.75, 3.05) is 20.3 Å². The molecule has 0 unspecified atom stereocenters. The van der Waals surface area contributed by atoms with Gasteiger partial charge in [-0.05, 0) is 12.1 Å². The van der Waals surface area contributed by atoms with Crippen LogP contribution in [0.2, 0.25) is 0 Å². The molecule has 0 radical (unpaired) electrons. The Morgan fingerprint density at radius 2 is 2.43 bits per heavy atom. The third kappa shape index (κ3) is 3.51. The minimum Gasteiger partial charge on any atom is -0.491 e. The number of pyridine rings is 1. The van der Waals surface area contributed by atoms with Crippen LogP contribution in [0.1, 0.15) is 10.5 Å². The number of carbonyl (C=O) groups excluding carboxylic acids is 1. The molecule has 14 heavy (non-hydrogen) atoms. The summed E-state index contributed by atoms with van der Waals surface area (Å²) in [5.41, 5.74) is 3.04. The molecule has 0 bridgehead atoms. The van der Waals surface area contributed by atoms with Crippen molar-refractivity contribution in [2.24, 2.45) is 0 Å². The van der Waals surface area contributed by atoms with Gasteiger partial charge in [-0.25, -0.2) is 4.98 Å². The molecule has 0 amide bonds. The van der Waals surface area contributed by atoms with Gasteiger partial charge in [-0.1, -0.05) is 0 Å². The van der Waals surface area contributed by atoms with Crippen molar-refractivity contribution in [2.45, 2.75) is 0 Å². The van der Waals surface area contributed by atoms with Crippen molar-refractivity contribution in [3.05, 3.63) is 24.0 Å². The minimum absolute atomic E-state index is 0.396. The highest BCUT2D eigenvalue weighted by molar-refractivity contribution is 5.71. The van der Waals surface area contributed by atoms with Crippen LogP contribution in [0.15, 0.2) is 18.3 Å². The van der Waals surface area contributed by atoms with E-state index in [1.807, 2.05) is 0 Å². The monoisotopic (exact) mass is 196 g/mol. The van der Waals surface area contributed by atoms with Gasteiger partial charge in [0.2, 0.25) is 0 Å². The number of hydrogen-bond acceptors (Lipinski definition) is 5. The zero-order chi connectivity index (χ0) is 10.2. The van der Waals surface area contributed by atoms with Crippen LogP contribution in [0.25, 0.3) is 0 Å². The molecule has 0 aliphatic rings. The molecule has 76 valence electrons. The Labute approximate surface area is 82.0 Å². The van der Waals surface area contributed by atoms with Crippen molar-refractivity contribution >= 4 is 6.29 Å². The van der Waals surface area contributed by atoms with Crippen LogP contribution in [-0.2, 0) is 4.84 Å². The quantitative estimate of drug-likeness (QED) is 0.406. The highest BCUT2D eigenvalue weighted by Gasteiger charge is 1.94. The molecule has 1 aromatic rings. The maximum absolute atomic E-state index is 10.3. The van der Waals surface area contributed by atoms with Gasteiger partial charge < -0.3 is 9.57 Å². The summed E-state index contributed by atoms with van der Waals surface area (Å²) in [4.78, 5) is 18.8. The summed E-state index contributed by atoms with van der Waals surface area (Å²) in [7, 11) is 1.54. The first-order valence-corrected chi connectivity index (χ1v) is 4.16. The van der Waals surface area contributed by atoms with Gasteiger partial charge in [-0.2, -0.15) is 5.48 Å². The van der Waals surface area contributed by atoms with Crippen molar-refractivity contribution in [3.8, 4) is 5.75 Å². The Morgan fingerprint density at radius 3 is 3.00 bits per heavy atom. The van der Waals surface area contributed by atoms with Crippen LogP contribution in [0.3, 0.4) is 0 Å². The average molecular weight is 196 g/mol. The number of hydrogen-bond donors (Lipinski definition) is 1. The lowest BCUT2D eigenvalue weighted by molar-refractivity contribution is 0.0807. The fourth-order valence-corrected chi connectivity index (χ4v) is 0.859. The molecule has 0 aliphatic heterocycles. The summed E-state index contributed by atoms with van der Waals surface area (Å²) in [6.07, 6.45) is 2.20. The van der Waals surface area contributed by atoms with E-state index in [9.17, 15) is 4.79 Å². The second kappa shape index (κ2) is 6.06. The topological polar surface area (TPSA) is 60.5 Å². The molecule has 5 nitrogen and oxygen atoms in total. The molecule has 1 aromatic heterocycles. The maximum atomic E-state index is 10.3. The van der Waals surface area contributed by atoms with Gasteiger partial charge in [-0.15, -0.1) is 0 Å². The fourth-order valence-electron chi connectivity index (χ4n) is 0.859. The molecule has 0 fully saturated rings. The molecule has 0 aromatic carbocycles. The van der Waals surface area contributed by atoms with Gasteiger partial charge in [0.05, 0.1) is 19.9 Å². The number of carbonyl (C=O) groups is 1. The van der Waals surface area contributed by atoms with E-state index in [1.54, 1.807) is 19.2 Å². The van der Waals surface area contributed by atoms with Gasteiger partial charge in [0, 0.05) is 0 Å². The van der Waals surface area contributed by atoms with E-state index in [0.29, 0.717) is 30.9 Å². The first-order chi connectivity index (χ1) is 6.86. The van der Waals surface area contributed by atoms with Crippen LogP contribution in [-0.4, -0.2) is 31.5 Å². The predicted octanol–water partition coefficient (Wildman–Crippen LogP) is 0.424. The molecule has 0 saturated carbocycles. The van der Waals surface area contributed by atoms with Crippen molar-refractivity contribution in [1.82, 2.24) is 10.5 Å². The van der Waals surface area contributed by atoms with E-state index in [2.05, 4.69) is 15.3 Å². The number of aromatic nitrogens is 1. The lowest BCUT2D eigenvalue weighted by atomic mass is 10.4. The SMILES string of the molecule is CONCCOc1ccc(C=O)nc1. The second-order valence-corrected chi connectivity index (χ2v) is 2.48. The van der Waals surface area contributed by atoms with Crippen molar-refractivity contribution in [3.63, 3.8) is 0 Å². The second-order valence-electron chi connectivity index (χ2n) is 2.48. The lowest BCUT2D eigenvalue weighted by Crippen LogP contribution is -2.19. The van der Waals surface area contributed by atoms with Gasteiger partial charge in [0.25, 0.3) is 0 Å². The van der Waals surface area contributed by atoms with Crippen LogP contribution in [0.5, 0.6) is 5.75 Å². The zero-order valence-electron chi connectivity index (χ0n) is 7.90. The Bertz CT molecular complexity index is 274. The number of ether oxygens (including phenoxy) is 1. The van der Waals surface area contributed by atoms with Gasteiger partial charge in [0.15, 0.2) is 6.29 Å². The van der Waals surface area contributed by atoms with E-state index in [1.165, 1.54) is 6.20 Å². The average Bonchev–Trinajstić information content (AvgIpc) is 2.25. The number of hydroxylamine groups is 1. The Kier molecular flexibility index (Phi) is 4.60. The zero-order valence-corrected chi connectivity index (χ0v) is 7.90. The fraction of sp³-hybridized carbons (Fsp3) is 0.333. The normalized spacial score (nSPS) is 9.79. The molecule has 0 aliphatic carbocycles. The minimum atomic E-state index is 0.396. The molecular formula is C9H12N2O3. The Morgan fingerprint density at radius 1 is 1.57 bits per heavy atom. The van der Waals surface area contributed by atoms with E-state index < -0.39 is 0 Å². The van der Waals surface area contributed by atoms with E-state index in [-0.39, 0.29) is 0 Å². The highest BCUT2D eigenvalue weighted by atomic mass is 16.6. The molecule has 5 heteroatoms. The summed E-state index contributed by atoms with van der Waals surface area (Å²) in [6.45, 7) is 1.07. The molecule has 0 atom stereocenters. The van der Waals surface area contributed by atoms with Gasteiger partial charge in [-0.3, -0.25) is 4.79 Å². The number of nitrogens with zero attached hydrogens (tertiary/aromatic N) is 1. The highest BCUT2D eigenvalue weighted by Crippen LogP contribution is 2.07. The standard InChI is InChI=1S/C9H12N2O3/c1-13-11-4-5-14-9-3-2-8(7-12)10-6-9/h2-3,6-7,11H,4-5H2,1H3. The summed E-state index contributed by atoms with van der Waals surface area (Å²) >= 11 is 0. The summed E-state index contributed by atoms with van der Waals surface area (Å²) < 4.78 is 5.29. The lowest BCUT2D eigenvalue weighted by Gasteiger charge is -2.05. The molecule has 0 spiro atoms. The number of nitrogens with one attached hydrogen (secondary N) is 1. The van der Waals surface area contributed by atoms with Crippen molar-refractivity contribution < 1.29 is 14.4 Å². The first-order valence-electron chi connectivity index (χ1n) is 4.16. The van der Waals surface area contributed by atoms with E-state index in [4.69, 9.17) is 4.74 Å². The van der Waals surface area contributed by atoms with Crippen LogP contribution in [0, 0.1) is 0 Å². The number of aldehydes is 1.